The SMILES string of the molecule is ClCc1ccc(OC2CCCOC2)c(Br)c1. The highest BCUT2D eigenvalue weighted by Crippen LogP contribution is 2.28. The van der Waals surface area contributed by atoms with E-state index in [0.717, 1.165) is 35.2 Å². The lowest BCUT2D eigenvalue weighted by Crippen LogP contribution is -2.28. The van der Waals surface area contributed by atoms with Crippen molar-refractivity contribution in [3.05, 3.63) is 28.2 Å². The second-order valence-corrected chi connectivity index (χ2v) is 4.98. The van der Waals surface area contributed by atoms with E-state index in [1.54, 1.807) is 0 Å². The molecule has 1 aromatic rings. The van der Waals surface area contributed by atoms with Crippen molar-refractivity contribution in [2.45, 2.75) is 24.8 Å². The van der Waals surface area contributed by atoms with Gasteiger partial charge in [0.2, 0.25) is 0 Å². The molecule has 1 saturated heterocycles. The molecule has 1 aliphatic heterocycles. The largest absolute Gasteiger partial charge is 0.487 e. The van der Waals surface area contributed by atoms with Crippen LogP contribution in [-0.4, -0.2) is 19.3 Å². The van der Waals surface area contributed by atoms with E-state index in [1.165, 1.54) is 0 Å². The van der Waals surface area contributed by atoms with Crippen LogP contribution in [0.5, 0.6) is 5.75 Å². The zero-order valence-corrected chi connectivity index (χ0v) is 11.3. The molecule has 2 nitrogen and oxygen atoms in total. The first-order valence-corrected chi connectivity index (χ1v) is 6.71. The minimum Gasteiger partial charge on any atom is -0.487 e. The molecule has 0 N–H and O–H groups in total. The Morgan fingerprint density at radius 3 is 3.00 bits per heavy atom. The molecular formula is C12H14BrClO2. The smallest absolute Gasteiger partial charge is 0.134 e. The third kappa shape index (κ3) is 3.12. The zero-order valence-electron chi connectivity index (χ0n) is 8.92. The second-order valence-electron chi connectivity index (χ2n) is 3.86. The highest BCUT2D eigenvalue weighted by molar-refractivity contribution is 9.10. The maximum atomic E-state index is 5.87. The minimum absolute atomic E-state index is 0.173. The van der Waals surface area contributed by atoms with Gasteiger partial charge in [0.25, 0.3) is 0 Å². The molecule has 0 saturated carbocycles. The van der Waals surface area contributed by atoms with Gasteiger partial charge in [-0.15, -0.1) is 11.6 Å². The molecule has 1 unspecified atom stereocenters. The van der Waals surface area contributed by atoms with Gasteiger partial charge in [-0.1, -0.05) is 6.07 Å². The summed E-state index contributed by atoms with van der Waals surface area (Å²) in [6.07, 6.45) is 2.30. The Kier molecular flexibility index (Phi) is 4.50. The molecule has 0 aliphatic carbocycles. The van der Waals surface area contributed by atoms with E-state index in [1.807, 2.05) is 18.2 Å². The average molecular weight is 306 g/mol. The van der Waals surface area contributed by atoms with E-state index in [9.17, 15) is 0 Å². The molecular weight excluding hydrogens is 291 g/mol. The lowest BCUT2D eigenvalue weighted by molar-refractivity contribution is 0.00711. The van der Waals surface area contributed by atoms with Crippen LogP contribution in [0, 0.1) is 0 Å². The number of benzene rings is 1. The molecule has 1 atom stereocenters. The molecule has 0 aromatic heterocycles. The number of rotatable bonds is 3. The Morgan fingerprint density at radius 2 is 2.38 bits per heavy atom. The van der Waals surface area contributed by atoms with Crippen molar-refractivity contribution in [3.8, 4) is 5.75 Å². The van der Waals surface area contributed by atoms with Gasteiger partial charge in [0.1, 0.15) is 11.9 Å². The van der Waals surface area contributed by atoms with Gasteiger partial charge >= 0.3 is 0 Å². The molecule has 1 heterocycles. The van der Waals surface area contributed by atoms with Crippen LogP contribution in [0.15, 0.2) is 22.7 Å². The third-order valence-electron chi connectivity index (χ3n) is 2.56. The molecule has 1 aromatic carbocycles. The molecule has 0 spiro atoms. The Bertz CT molecular complexity index is 351. The normalized spacial score (nSPS) is 20.8. The number of halogens is 2. The lowest BCUT2D eigenvalue weighted by atomic mass is 10.1. The van der Waals surface area contributed by atoms with Crippen LogP contribution >= 0.6 is 27.5 Å². The van der Waals surface area contributed by atoms with Gasteiger partial charge in [0.05, 0.1) is 11.1 Å². The summed E-state index contributed by atoms with van der Waals surface area (Å²) in [4.78, 5) is 0. The van der Waals surface area contributed by atoms with E-state index in [0.29, 0.717) is 12.5 Å². The highest BCUT2D eigenvalue weighted by atomic mass is 79.9. The van der Waals surface area contributed by atoms with Crippen LogP contribution in [-0.2, 0) is 10.6 Å². The van der Waals surface area contributed by atoms with E-state index in [4.69, 9.17) is 21.1 Å². The van der Waals surface area contributed by atoms with Gasteiger partial charge in [-0.25, -0.2) is 0 Å². The first kappa shape index (κ1) is 12.2. The van der Waals surface area contributed by atoms with E-state index >= 15 is 0 Å². The van der Waals surface area contributed by atoms with Crippen molar-refractivity contribution in [1.29, 1.82) is 0 Å². The first-order chi connectivity index (χ1) is 7.79. The predicted molar refractivity (Wildman–Crippen MR) is 68.2 cm³/mol. The van der Waals surface area contributed by atoms with Gasteiger partial charge in [0.15, 0.2) is 0 Å². The first-order valence-electron chi connectivity index (χ1n) is 5.38. The van der Waals surface area contributed by atoms with Crippen LogP contribution in [0.3, 0.4) is 0 Å². The average Bonchev–Trinajstić information content (AvgIpc) is 2.33. The van der Waals surface area contributed by atoms with Crippen molar-refractivity contribution in [3.63, 3.8) is 0 Å². The van der Waals surface area contributed by atoms with Crippen LogP contribution < -0.4 is 4.74 Å². The van der Waals surface area contributed by atoms with Crippen molar-refractivity contribution in [1.82, 2.24) is 0 Å². The molecule has 16 heavy (non-hydrogen) atoms. The van der Waals surface area contributed by atoms with Gasteiger partial charge in [0, 0.05) is 12.5 Å². The topological polar surface area (TPSA) is 18.5 Å². The number of ether oxygens (including phenoxy) is 2. The maximum Gasteiger partial charge on any atom is 0.134 e. The molecule has 4 heteroatoms. The van der Waals surface area contributed by atoms with Crippen LogP contribution in [0.1, 0.15) is 18.4 Å². The summed E-state index contributed by atoms with van der Waals surface area (Å²) in [6.45, 7) is 1.54. The summed E-state index contributed by atoms with van der Waals surface area (Å²) in [7, 11) is 0. The number of hydrogen-bond donors (Lipinski definition) is 0. The lowest BCUT2D eigenvalue weighted by Gasteiger charge is -2.23. The van der Waals surface area contributed by atoms with Crippen LogP contribution in [0.4, 0.5) is 0 Å². The predicted octanol–water partition coefficient (Wildman–Crippen LogP) is 3.75. The molecule has 1 fully saturated rings. The van der Waals surface area contributed by atoms with E-state index in [-0.39, 0.29) is 6.10 Å². The fourth-order valence-corrected chi connectivity index (χ4v) is 2.39. The fourth-order valence-electron chi connectivity index (χ4n) is 1.71. The minimum atomic E-state index is 0.173. The summed E-state index contributed by atoms with van der Waals surface area (Å²) in [5, 5.41) is 0. The monoisotopic (exact) mass is 304 g/mol. The van der Waals surface area contributed by atoms with Crippen LogP contribution in [0.25, 0.3) is 0 Å². The maximum absolute atomic E-state index is 5.87. The molecule has 1 aliphatic rings. The van der Waals surface area contributed by atoms with Gasteiger partial charge in [-0.3, -0.25) is 0 Å². The number of hydrogen-bond acceptors (Lipinski definition) is 2. The fraction of sp³-hybridized carbons (Fsp3) is 0.500. The summed E-state index contributed by atoms with van der Waals surface area (Å²) in [5.41, 5.74) is 1.08. The summed E-state index contributed by atoms with van der Waals surface area (Å²) < 4.78 is 12.2. The zero-order chi connectivity index (χ0) is 11.4. The third-order valence-corrected chi connectivity index (χ3v) is 3.49. The van der Waals surface area contributed by atoms with Crippen molar-refractivity contribution in [2.24, 2.45) is 0 Å². The molecule has 0 radical (unpaired) electrons. The molecule has 88 valence electrons. The van der Waals surface area contributed by atoms with Gasteiger partial charge in [-0.05, 0) is 46.5 Å². The van der Waals surface area contributed by atoms with Crippen molar-refractivity contribution < 1.29 is 9.47 Å². The van der Waals surface area contributed by atoms with Gasteiger partial charge < -0.3 is 9.47 Å². The van der Waals surface area contributed by atoms with E-state index in [2.05, 4.69) is 15.9 Å². The number of alkyl halides is 1. The molecule has 2 rings (SSSR count). The quantitative estimate of drug-likeness (QED) is 0.792. The van der Waals surface area contributed by atoms with Crippen molar-refractivity contribution in [2.75, 3.05) is 13.2 Å². The summed E-state index contributed by atoms with van der Waals surface area (Å²) in [6, 6.07) is 5.93. The van der Waals surface area contributed by atoms with E-state index < -0.39 is 0 Å². The van der Waals surface area contributed by atoms with Gasteiger partial charge in [-0.2, -0.15) is 0 Å². The standard InChI is InChI=1S/C12H14BrClO2/c13-11-6-9(7-14)3-4-12(11)16-10-2-1-5-15-8-10/h3-4,6,10H,1-2,5,7-8H2. The second kappa shape index (κ2) is 5.89. The highest BCUT2D eigenvalue weighted by Gasteiger charge is 2.16. The van der Waals surface area contributed by atoms with Crippen molar-refractivity contribution >= 4 is 27.5 Å². The Hall–Kier alpha value is -0.250. The Labute approximate surface area is 109 Å². The summed E-state index contributed by atoms with van der Waals surface area (Å²) in [5.74, 6) is 1.38. The summed E-state index contributed by atoms with van der Waals surface area (Å²) >= 11 is 9.25. The van der Waals surface area contributed by atoms with Crippen LogP contribution in [0.2, 0.25) is 0 Å². The molecule has 0 amide bonds. The Morgan fingerprint density at radius 1 is 1.50 bits per heavy atom. The Balaban J connectivity index is 2.03. The molecule has 0 bridgehead atoms.